The SMILES string of the molecule is CC(=O)Oc1ccc(CN(C)CCN(C)Cc2ccc(OC(C)=O)c(OC(C)=O)c2)cc1OC(C)=O.CC(=O)Oc1ccc(CN2CCN(Cc3ccc(OC(C)=O)c(OC(C)=O)c3)CC2)cc1OC(C)=O. The minimum Gasteiger partial charge on any atom is -0.423 e. The number of ether oxygens (including phenoxy) is 8. The van der Waals surface area contributed by atoms with Crippen LogP contribution in [-0.2, 0) is 64.5 Å². The highest BCUT2D eigenvalue weighted by atomic mass is 16.6. The summed E-state index contributed by atoms with van der Waals surface area (Å²) in [6.07, 6.45) is 0. The van der Waals surface area contributed by atoms with Crippen molar-refractivity contribution in [2.75, 3.05) is 53.4 Å². The van der Waals surface area contributed by atoms with Crippen molar-refractivity contribution in [1.82, 2.24) is 19.6 Å². The van der Waals surface area contributed by atoms with Gasteiger partial charge in [-0.1, -0.05) is 24.3 Å². The van der Waals surface area contributed by atoms with E-state index in [-0.39, 0.29) is 46.0 Å². The van der Waals surface area contributed by atoms with Crippen LogP contribution in [0.1, 0.15) is 77.6 Å². The number of piperazine rings is 1. The minimum atomic E-state index is -0.506. The fourth-order valence-corrected chi connectivity index (χ4v) is 7.24. The molecule has 0 unspecified atom stereocenters. The van der Waals surface area contributed by atoms with E-state index in [0.29, 0.717) is 26.2 Å². The van der Waals surface area contributed by atoms with Crippen LogP contribution >= 0.6 is 0 Å². The lowest BCUT2D eigenvalue weighted by molar-refractivity contribution is -0.134. The Labute approximate surface area is 418 Å². The van der Waals surface area contributed by atoms with Gasteiger partial charge in [0, 0.05) is 121 Å². The van der Waals surface area contributed by atoms with Gasteiger partial charge in [0.2, 0.25) is 0 Å². The molecule has 20 nitrogen and oxygen atoms in total. The second-order valence-electron chi connectivity index (χ2n) is 16.9. The number of esters is 8. The molecular formula is C52H62N4O16. The van der Waals surface area contributed by atoms with Crippen molar-refractivity contribution in [1.29, 1.82) is 0 Å². The molecule has 0 aromatic heterocycles. The van der Waals surface area contributed by atoms with Gasteiger partial charge in [0.15, 0.2) is 46.0 Å². The third kappa shape index (κ3) is 20.4. The summed E-state index contributed by atoms with van der Waals surface area (Å²) in [5.74, 6) is -2.37. The Morgan fingerprint density at radius 1 is 0.347 bits per heavy atom. The minimum absolute atomic E-state index is 0.191. The molecular weight excluding hydrogens is 937 g/mol. The topological polar surface area (TPSA) is 223 Å². The van der Waals surface area contributed by atoms with Gasteiger partial charge in [0.1, 0.15) is 0 Å². The summed E-state index contributed by atoms with van der Waals surface area (Å²) >= 11 is 0. The Hall–Kier alpha value is -7.52. The van der Waals surface area contributed by atoms with E-state index in [1.165, 1.54) is 55.4 Å². The molecule has 386 valence electrons. The number of benzene rings is 4. The summed E-state index contributed by atoms with van der Waals surface area (Å²) in [6.45, 7) is 17.5. The molecule has 72 heavy (non-hydrogen) atoms. The Morgan fingerprint density at radius 3 is 0.792 bits per heavy atom. The van der Waals surface area contributed by atoms with Crippen LogP contribution in [0, 0.1) is 0 Å². The lowest BCUT2D eigenvalue weighted by atomic mass is 10.1. The van der Waals surface area contributed by atoms with Crippen LogP contribution in [-0.4, -0.2) is 121 Å². The van der Waals surface area contributed by atoms with Gasteiger partial charge in [-0.25, -0.2) is 0 Å². The molecule has 0 atom stereocenters. The molecule has 0 radical (unpaired) electrons. The molecule has 0 saturated carbocycles. The maximum absolute atomic E-state index is 11.5. The first kappa shape index (κ1) is 57.1. The molecule has 20 heteroatoms. The predicted octanol–water partition coefficient (Wildman–Crippen LogP) is 5.66. The van der Waals surface area contributed by atoms with Gasteiger partial charge in [-0.15, -0.1) is 0 Å². The van der Waals surface area contributed by atoms with Crippen molar-refractivity contribution in [2.24, 2.45) is 0 Å². The van der Waals surface area contributed by atoms with E-state index in [4.69, 9.17) is 37.9 Å². The average molecular weight is 999 g/mol. The van der Waals surface area contributed by atoms with Gasteiger partial charge in [-0.05, 0) is 84.9 Å². The van der Waals surface area contributed by atoms with Gasteiger partial charge in [0.05, 0.1) is 0 Å². The van der Waals surface area contributed by atoms with E-state index in [0.717, 1.165) is 61.5 Å². The number of likely N-dealkylation sites (N-methyl/N-ethyl adjacent to an activating group) is 2. The second kappa shape index (κ2) is 27.8. The van der Waals surface area contributed by atoms with Gasteiger partial charge in [0.25, 0.3) is 0 Å². The van der Waals surface area contributed by atoms with Crippen LogP contribution in [0.25, 0.3) is 0 Å². The Balaban J connectivity index is 0.000000312. The lowest BCUT2D eigenvalue weighted by Crippen LogP contribution is -2.45. The molecule has 1 heterocycles. The first-order chi connectivity index (χ1) is 34.0. The highest BCUT2D eigenvalue weighted by Gasteiger charge is 2.21. The zero-order valence-electron chi connectivity index (χ0n) is 42.3. The van der Waals surface area contributed by atoms with Crippen LogP contribution in [0.15, 0.2) is 72.8 Å². The zero-order chi connectivity index (χ0) is 53.1. The van der Waals surface area contributed by atoms with E-state index in [1.54, 1.807) is 48.5 Å². The van der Waals surface area contributed by atoms with E-state index in [2.05, 4.69) is 19.6 Å². The van der Waals surface area contributed by atoms with Crippen molar-refractivity contribution in [3.8, 4) is 46.0 Å². The molecule has 1 aliphatic rings. The van der Waals surface area contributed by atoms with E-state index in [9.17, 15) is 38.4 Å². The Morgan fingerprint density at radius 2 is 0.556 bits per heavy atom. The lowest BCUT2D eigenvalue weighted by Gasteiger charge is -2.34. The fourth-order valence-electron chi connectivity index (χ4n) is 7.24. The molecule has 0 spiro atoms. The number of carbonyl (C=O) groups excluding carboxylic acids is 8. The fraction of sp³-hybridized carbons (Fsp3) is 0.385. The molecule has 1 saturated heterocycles. The summed E-state index contributed by atoms with van der Waals surface area (Å²) in [5, 5.41) is 0. The number of nitrogens with zero attached hydrogens (tertiary/aromatic N) is 4. The second-order valence-corrected chi connectivity index (χ2v) is 16.9. The van der Waals surface area contributed by atoms with E-state index in [1.807, 2.05) is 38.4 Å². The molecule has 0 aliphatic carbocycles. The maximum Gasteiger partial charge on any atom is 0.308 e. The summed E-state index contributed by atoms with van der Waals surface area (Å²) in [7, 11) is 3.93. The van der Waals surface area contributed by atoms with Crippen molar-refractivity contribution in [2.45, 2.75) is 81.6 Å². The molecule has 5 rings (SSSR count). The summed E-state index contributed by atoms with van der Waals surface area (Å²) < 4.78 is 41.3. The average Bonchev–Trinajstić information content (AvgIpc) is 3.26. The molecule has 4 aromatic rings. The van der Waals surface area contributed by atoms with Crippen molar-refractivity contribution < 1.29 is 76.3 Å². The quantitative estimate of drug-likeness (QED) is 0.0817. The van der Waals surface area contributed by atoms with Gasteiger partial charge in [-0.3, -0.25) is 48.2 Å². The monoisotopic (exact) mass is 998 g/mol. The largest absolute Gasteiger partial charge is 0.423 e. The highest BCUT2D eigenvalue weighted by Crippen LogP contribution is 2.33. The smallest absolute Gasteiger partial charge is 0.308 e. The van der Waals surface area contributed by atoms with Gasteiger partial charge < -0.3 is 47.7 Å². The third-order valence-corrected chi connectivity index (χ3v) is 10.1. The third-order valence-electron chi connectivity index (χ3n) is 10.1. The van der Waals surface area contributed by atoms with Crippen LogP contribution in [0.2, 0.25) is 0 Å². The maximum atomic E-state index is 11.5. The predicted molar refractivity (Wildman–Crippen MR) is 259 cm³/mol. The summed E-state index contributed by atoms with van der Waals surface area (Å²) in [6, 6.07) is 20.6. The van der Waals surface area contributed by atoms with Crippen LogP contribution in [0.4, 0.5) is 0 Å². The standard InChI is InChI=1S/C26H30N2O8.C26H32N2O8/c1-17(29)33-23-7-5-21(13-25(23)35-19(3)31)15-27-9-11-28(12-10-27)16-22-6-8-24(34-18(2)30)26(14-22)36-20(4)32;1-17(29)33-23-9-7-21(13-25(23)35-19(3)31)15-27(5)11-12-28(6)16-22-8-10-24(34-18(2)30)26(14-22)36-20(4)32/h5-8,13-14H,9-12,15-16H2,1-4H3;7-10,13-14H,11-12,15-16H2,1-6H3. The Bertz CT molecular complexity index is 2430. The van der Waals surface area contributed by atoms with Gasteiger partial charge in [-0.2, -0.15) is 0 Å². The highest BCUT2D eigenvalue weighted by molar-refractivity contribution is 5.76. The number of carbonyl (C=O) groups is 8. The van der Waals surface area contributed by atoms with Crippen molar-refractivity contribution in [3.05, 3.63) is 95.1 Å². The van der Waals surface area contributed by atoms with Crippen LogP contribution < -0.4 is 37.9 Å². The van der Waals surface area contributed by atoms with Crippen molar-refractivity contribution >= 4 is 47.8 Å². The first-order valence-corrected chi connectivity index (χ1v) is 22.8. The Kier molecular flexibility index (Phi) is 22.0. The van der Waals surface area contributed by atoms with Crippen LogP contribution in [0.3, 0.4) is 0 Å². The molecule has 4 aromatic carbocycles. The molecule has 0 bridgehead atoms. The van der Waals surface area contributed by atoms with Gasteiger partial charge >= 0.3 is 47.8 Å². The van der Waals surface area contributed by atoms with E-state index >= 15 is 0 Å². The first-order valence-electron chi connectivity index (χ1n) is 22.8. The van der Waals surface area contributed by atoms with Crippen LogP contribution in [0.5, 0.6) is 46.0 Å². The van der Waals surface area contributed by atoms with E-state index < -0.39 is 47.8 Å². The number of hydrogen-bond donors (Lipinski definition) is 0. The zero-order valence-corrected chi connectivity index (χ0v) is 42.3. The molecule has 1 fully saturated rings. The molecule has 0 amide bonds. The van der Waals surface area contributed by atoms with Crippen molar-refractivity contribution in [3.63, 3.8) is 0 Å². The normalized spacial score (nSPS) is 12.4. The number of hydrogen-bond acceptors (Lipinski definition) is 20. The summed E-state index contributed by atoms with van der Waals surface area (Å²) in [5.41, 5.74) is 3.64. The molecule has 0 N–H and O–H groups in total. The molecule has 1 aliphatic heterocycles. The summed E-state index contributed by atoms with van der Waals surface area (Å²) in [4.78, 5) is 99.8. The number of rotatable bonds is 19.